The van der Waals surface area contributed by atoms with Crippen LogP contribution in [0, 0.1) is 12.7 Å². The number of aryl methyl sites for hydroxylation is 1. The van der Waals surface area contributed by atoms with Gasteiger partial charge in [-0.2, -0.15) is 0 Å². The van der Waals surface area contributed by atoms with Crippen molar-refractivity contribution in [2.45, 2.75) is 6.92 Å². The Morgan fingerprint density at radius 2 is 1.77 bits per heavy atom. The molecule has 0 N–H and O–H groups in total. The van der Waals surface area contributed by atoms with E-state index < -0.39 is 17.6 Å². The van der Waals surface area contributed by atoms with Crippen molar-refractivity contribution < 1.29 is 18.8 Å². The molecule has 0 aliphatic carbocycles. The number of hydrogen-bond acceptors (Lipinski definition) is 3. The second kappa shape index (κ2) is 7.25. The Morgan fingerprint density at radius 3 is 2.46 bits per heavy atom. The van der Waals surface area contributed by atoms with Crippen LogP contribution in [0.4, 0.5) is 10.1 Å². The van der Waals surface area contributed by atoms with Crippen LogP contribution >= 0.6 is 11.6 Å². The monoisotopic (exact) mass is 374 g/mol. The van der Waals surface area contributed by atoms with E-state index in [1.54, 1.807) is 18.2 Å². The lowest BCUT2D eigenvalue weighted by atomic mass is 10.1. The van der Waals surface area contributed by atoms with E-state index in [2.05, 4.69) is 0 Å². The van der Waals surface area contributed by atoms with Gasteiger partial charge in [0.1, 0.15) is 5.82 Å². The molecule has 1 aliphatic heterocycles. The van der Waals surface area contributed by atoms with Gasteiger partial charge in [0.2, 0.25) is 0 Å². The summed E-state index contributed by atoms with van der Waals surface area (Å²) in [7, 11) is 0. The summed E-state index contributed by atoms with van der Waals surface area (Å²) in [5.41, 5.74) is 1.70. The molecular formula is C19H16ClFN2O3. The molecule has 0 aromatic heterocycles. The van der Waals surface area contributed by atoms with E-state index in [1.165, 1.54) is 34.1 Å². The van der Waals surface area contributed by atoms with Gasteiger partial charge < -0.3 is 9.80 Å². The molecule has 5 nitrogen and oxygen atoms in total. The maximum absolute atomic E-state index is 13.0. The number of ketones is 1. The highest BCUT2D eigenvalue weighted by molar-refractivity contribution is 6.41. The smallest absolute Gasteiger partial charge is 0.316 e. The van der Waals surface area contributed by atoms with Crippen molar-refractivity contribution in [3.63, 3.8) is 0 Å². The Kier molecular flexibility index (Phi) is 5.04. The summed E-state index contributed by atoms with van der Waals surface area (Å²) < 4.78 is 13.0. The van der Waals surface area contributed by atoms with Crippen LogP contribution in [0.2, 0.25) is 5.02 Å². The number of amides is 2. The van der Waals surface area contributed by atoms with Gasteiger partial charge in [0, 0.05) is 29.4 Å². The molecule has 3 rings (SSSR count). The van der Waals surface area contributed by atoms with E-state index in [1.807, 2.05) is 6.92 Å². The number of benzene rings is 2. The van der Waals surface area contributed by atoms with E-state index in [0.29, 0.717) is 16.3 Å². The Labute approximate surface area is 155 Å². The minimum Gasteiger partial charge on any atom is -0.325 e. The highest BCUT2D eigenvalue weighted by Crippen LogP contribution is 2.26. The van der Waals surface area contributed by atoms with Crippen LogP contribution in [0.25, 0.3) is 0 Å². The molecule has 0 spiro atoms. The predicted molar refractivity (Wildman–Crippen MR) is 95.9 cm³/mol. The summed E-state index contributed by atoms with van der Waals surface area (Å²) in [5.74, 6) is -2.24. The molecule has 7 heteroatoms. The summed E-state index contributed by atoms with van der Waals surface area (Å²) in [6, 6.07) is 10.2. The number of Topliss-reactive ketones (excluding diaryl/α,β-unsaturated/α-hetero) is 1. The third-order valence-electron chi connectivity index (χ3n) is 4.27. The summed E-state index contributed by atoms with van der Waals surface area (Å²) in [4.78, 5) is 39.8. The van der Waals surface area contributed by atoms with Crippen molar-refractivity contribution in [1.82, 2.24) is 4.90 Å². The maximum Gasteiger partial charge on any atom is 0.316 e. The SMILES string of the molecule is Cc1ccc(Cl)cc1N1CCN(CC(=O)c2ccc(F)cc2)C(=O)C1=O. The van der Waals surface area contributed by atoms with Gasteiger partial charge in [-0.05, 0) is 48.9 Å². The van der Waals surface area contributed by atoms with Crippen LogP contribution in [0.3, 0.4) is 0 Å². The molecule has 0 bridgehead atoms. The number of carbonyl (C=O) groups excluding carboxylic acids is 3. The van der Waals surface area contributed by atoms with Gasteiger partial charge in [-0.3, -0.25) is 14.4 Å². The van der Waals surface area contributed by atoms with Crippen molar-refractivity contribution in [1.29, 1.82) is 0 Å². The molecule has 0 saturated carbocycles. The topological polar surface area (TPSA) is 57.7 Å². The molecule has 1 fully saturated rings. The fourth-order valence-electron chi connectivity index (χ4n) is 2.83. The highest BCUT2D eigenvalue weighted by atomic mass is 35.5. The molecule has 26 heavy (non-hydrogen) atoms. The van der Waals surface area contributed by atoms with Gasteiger partial charge in [0.15, 0.2) is 5.78 Å². The van der Waals surface area contributed by atoms with Crippen molar-refractivity contribution in [2.24, 2.45) is 0 Å². The Hall–Kier alpha value is -2.73. The number of piperazine rings is 1. The lowest BCUT2D eigenvalue weighted by molar-refractivity contribution is -0.145. The second-order valence-electron chi connectivity index (χ2n) is 6.04. The third kappa shape index (κ3) is 3.60. The largest absolute Gasteiger partial charge is 0.325 e. The molecular weight excluding hydrogens is 359 g/mol. The lowest BCUT2D eigenvalue weighted by Crippen LogP contribution is -2.55. The van der Waals surface area contributed by atoms with Crippen molar-refractivity contribution in [2.75, 3.05) is 24.5 Å². The summed E-state index contributed by atoms with van der Waals surface area (Å²) in [6.45, 7) is 2.10. The molecule has 134 valence electrons. The fourth-order valence-corrected chi connectivity index (χ4v) is 3.00. The second-order valence-corrected chi connectivity index (χ2v) is 6.48. The minimum atomic E-state index is -0.744. The van der Waals surface area contributed by atoms with Gasteiger partial charge in [0.05, 0.1) is 6.54 Å². The zero-order valence-corrected chi connectivity index (χ0v) is 14.8. The Bertz CT molecular complexity index is 883. The zero-order valence-electron chi connectivity index (χ0n) is 14.0. The molecule has 0 atom stereocenters. The average molecular weight is 375 g/mol. The Morgan fingerprint density at radius 1 is 1.08 bits per heavy atom. The average Bonchev–Trinajstić information content (AvgIpc) is 2.62. The van der Waals surface area contributed by atoms with Crippen LogP contribution in [0.1, 0.15) is 15.9 Å². The molecule has 2 aromatic rings. The zero-order chi connectivity index (χ0) is 18.8. The molecule has 1 saturated heterocycles. The number of halogens is 2. The minimum absolute atomic E-state index is 0.224. The van der Waals surface area contributed by atoms with Crippen LogP contribution in [-0.2, 0) is 9.59 Å². The number of hydrogen-bond donors (Lipinski definition) is 0. The van der Waals surface area contributed by atoms with E-state index in [0.717, 1.165) is 5.56 Å². The normalized spacial score (nSPS) is 14.7. The molecule has 1 heterocycles. The Balaban J connectivity index is 1.73. The van der Waals surface area contributed by atoms with Crippen LogP contribution < -0.4 is 4.90 Å². The number of anilines is 1. The van der Waals surface area contributed by atoms with Crippen LogP contribution in [0.15, 0.2) is 42.5 Å². The first-order chi connectivity index (χ1) is 12.4. The van der Waals surface area contributed by atoms with Gasteiger partial charge >= 0.3 is 11.8 Å². The summed E-state index contributed by atoms with van der Waals surface area (Å²) in [5, 5.41) is 0.472. The number of rotatable bonds is 4. The van der Waals surface area contributed by atoms with Crippen molar-refractivity contribution in [3.05, 3.63) is 64.4 Å². The molecule has 0 unspecified atom stereocenters. The fraction of sp³-hybridized carbons (Fsp3) is 0.211. The molecule has 0 radical (unpaired) electrons. The van der Waals surface area contributed by atoms with Gasteiger partial charge in [-0.15, -0.1) is 0 Å². The summed E-state index contributed by atoms with van der Waals surface area (Å²) >= 11 is 5.99. The summed E-state index contributed by atoms with van der Waals surface area (Å²) in [6.07, 6.45) is 0. The third-order valence-corrected chi connectivity index (χ3v) is 4.51. The quantitative estimate of drug-likeness (QED) is 0.610. The predicted octanol–water partition coefficient (Wildman–Crippen LogP) is 2.85. The first-order valence-corrected chi connectivity index (χ1v) is 8.40. The van der Waals surface area contributed by atoms with Crippen molar-refractivity contribution >= 4 is 34.9 Å². The molecule has 1 aliphatic rings. The van der Waals surface area contributed by atoms with Crippen LogP contribution in [-0.4, -0.2) is 42.1 Å². The van der Waals surface area contributed by atoms with E-state index in [4.69, 9.17) is 11.6 Å². The first kappa shape index (κ1) is 18.1. The van der Waals surface area contributed by atoms with E-state index in [-0.39, 0.29) is 25.4 Å². The molecule has 2 amide bonds. The van der Waals surface area contributed by atoms with Gasteiger partial charge in [0.25, 0.3) is 0 Å². The number of nitrogens with zero attached hydrogens (tertiary/aromatic N) is 2. The first-order valence-electron chi connectivity index (χ1n) is 8.02. The van der Waals surface area contributed by atoms with Crippen molar-refractivity contribution in [3.8, 4) is 0 Å². The lowest BCUT2D eigenvalue weighted by Gasteiger charge is -2.34. The van der Waals surface area contributed by atoms with Gasteiger partial charge in [-0.25, -0.2) is 4.39 Å². The molecule has 2 aromatic carbocycles. The number of carbonyl (C=O) groups is 3. The van der Waals surface area contributed by atoms with Gasteiger partial charge in [-0.1, -0.05) is 17.7 Å². The standard InChI is InChI=1S/C19H16ClFN2O3/c1-12-2-5-14(20)10-16(12)23-9-8-22(18(25)19(23)26)11-17(24)13-3-6-15(21)7-4-13/h2-7,10H,8-9,11H2,1H3. The van der Waals surface area contributed by atoms with Crippen LogP contribution in [0.5, 0.6) is 0 Å². The van der Waals surface area contributed by atoms with E-state index >= 15 is 0 Å². The highest BCUT2D eigenvalue weighted by Gasteiger charge is 2.35. The van der Waals surface area contributed by atoms with E-state index in [9.17, 15) is 18.8 Å². The maximum atomic E-state index is 13.0.